The zero-order valence-corrected chi connectivity index (χ0v) is 10.6. The third-order valence-electron chi connectivity index (χ3n) is 3.00. The van der Waals surface area contributed by atoms with Crippen molar-refractivity contribution in [1.29, 1.82) is 0 Å². The molecule has 0 spiro atoms. The minimum absolute atomic E-state index is 0.799. The Kier molecular flexibility index (Phi) is 5.94. The van der Waals surface area contributed by atoms with Crippen molar-refractivity contribution in [2.75, 3.05) is 24.5 Å². The van der Waals surface area contributed by atoms with Gasteiger partial charge in [0, 0.05) is 18.8 Å². The Hall–Kier alpha value is -1.02. The highest BCUT2D eigenvalue weighted by Gasteiger charge is 2.06. The first-order chi connectivity index (χ1) is 7.83. The summed E-state index contributed by atoms with van der Waals surface area (Å²) in [5.41, 5.74) is 8.38. The molecule has 2 N–H and O–H groups in total. The third kappa shape index (κ3) is 3.53. The summed E-state index contributed by atoms with van der Waals surface area (Å²) in [7, 11) is 0. The summed E-state index contributed by atoms with van der Waals surface area (Å²) in [4.78, 5) is 2.41. The summed E-state index contributed by atoms with van der Waals surface area (Å²) < 4.78 is 0. The number of nitrogens with zero attached hydrogens (tertiary/aromatic N) is 1. The zero-order valence-electron chi connectivity index (χ0n) is 10.6. The molecule has 0 unspecified atom stereocenters. The van der Waals surface area contributed by atoms with Crippen LogP contribution in [-0.4, -0.2) is 19.6 Å². The maximum absolute atomic E-state index is 5.53. The molecule has 0 amide bonds. The first kappa shape index (κ1) is 13.0. The van der Waals surface area contributed by atoms with Gasteiger partial charge in [-0.05, 0) is 51.3 Å². The molecule has 0 radical (unpaired) electrons. The predicted molar refractivity (Wildman–Crippen MR) is 72.0 cm³/mol. The van der Waals surface area contributed by atoms with E-state index in [0.29, 0.717) is 0 Å². The lowest BCUT2D eigenvalue weighted by atomic mass is 10.1. The highest BCUT2D eigenvalue weighted by atomic mass is 15.1. The summed E-state index contributed by atoms with van der Waals surface area (Å²) in [6.45, 7) is 7.36. The Labute approximate surface area is 99.5 Å². The number of benzene rings is 1. The molecule has 2 nitrogen and oxygen atoms in total. The molecule has 0 saturated heterocycles. The molecular weight excluding hydrogens is 196 g/mol. The lowest BCUT2D eigenvalue weighted by Crippen LogP contribution is -2.23. The highest BCUT2D eigenvalue weighted by molar-refractivity contribution is 5.53. The average Bonchev–Trinajstić information content (AvgIpc) is 2.33. The summed E-state index contributed by atoms with van der Waals surface area (Å²) in [5, 5.41) is 0. The molecule has 0 aliphatic carbocycles. The second kappa shape index (κ2) is 7.29. The molecule has 0 heterocycles. The van der Waals surface area contributed by atoms with E-state index in [1.165, 1.54) is 17.7 Å². The van der Waals surface area contributed by atoms with Crippen LogP contribution in [0.4, 0.5) is 5.69 Å². The van der Waals surface area contributed by atoms with E-state index in [-0.39, 0.29) is 0 Å². The van der Waals surface area contributed by atoms with Gasteiger partial charge in [-0.2, -0.15) is 0 Å². The number of aryl methyl sites for hydroxylation is 1. The maximum Gasteiger partial charge on any atom is 0.0398 e. The van der Waals surface area contributed by atoms with Crippen LogP contribution >= 0.6 is 0 Å². The highest BCUT2D eigenvalue weighted by Crippen LogP contribution is 2.21. The fraction of sp³-hybridized carbons (Fsp3) is 0.571. The number of unbranched alkanes of at least 4 members (excludes halogenated alkanes) is 1. The molecule has 1 aromatic rings. The molecule has 2 heteroatoms. The van der Waals surface area contributed by atoms with E-state index in [1.807, 2.05) is 0 Å². The van der Waals surface area contributed by atoms with Crippen molar-refractivity contribution < 1.29 is 0 Å². The van der Waals surface area contributed by atoms with E-state index in [2.05, 4.69) is 43.0 Å². The smallest absolute Gasteiger partial charge is 0.0398 e. The van der Waals surface area contributed by atoms with Crippen molar-refractivity contribution in [3.8, 4) is 0 Å². The van der Waals surface area contributed by atoms with Crippen molar-refractivity contribution >= 4 is 5.69 Å². The van der Waals surface area contributed by atoms with Gasteiger partial charge in [-0.15, -0.1) is 0 Å². The average molecular weight is 220 g/mol. The molecule has 0 fully saturated rings. The molecule has 0 aromatic heterocycles. The molecule has 0 atom stereocenters. The van der Waals surface area contributed by atoms with Crippen LogP contribution in [0.3, 0.4) is 0 Å². The predicted octanol–water partition coefficient (Wildman–Crippen LogP) is 2.81. The fourth-order valence-corrected chi connectivity index (χ4v) is 2.05. The Balaban J connectivity index is 2.74. The van der Waals surface area contributed by atoms with E-state index in [9.17, 15) is 0 Å². The van der Waals surface area contributed by atoms with E-state index < -0.39 is 0 Å². The number of para-hydroxylation sites is 1. The lowest BCUT2D eigenvalue weighted by Gasteiger charge is -2.24. The second-order valence-electron chi connectivity index (χ2n) is 4.05. The van der Waals surface area contributed by atoms with Crippen molar-refractivity contribution in [2.24, 2.45) is 5.73 Å². The number of nitrogens with two attached hydrogens (primary N) is 1. The normalized spacial score (nSPS) is 10.4. The zero-order chi connectivity index (χ0) is 11.8. The lowest BCUT2D eigenvalue weighted by molar-refractivity contribution is 0.740. The Morgan fingerprint density at radius 2 is 1.75 bits per heavy atom. The molecule has 0 aliphatic heterocycles. The summed E-state index contributed by atoms with van der Waals surface area (Å²) in [6.07, 6.45) is 3.45. The third-order valence-corrected chi connectivity index (χ3v) is 3.00. The largest absolute Gasteiger partial charge is 0.372 e. The molecule has 0 bridgehead atoms. The Morgan fingerprint density at radius 3 is 2.38 bits per heavy atom. The van der Waals surface area contributed by atoms with E-state index in [4.69, 9.17) is 5.73 Å². The van der Waals surface area contributed by atoms with Gasteiger partial charge in [-0.3, -0.25) is 0 Å². The van der Waals surface area contributed by atoms with Gasteiger partial charge in [0.05, 0.1) is 0 Å². The monoisotopic (exact) mass is 220 g/mol. The van der Waals surface area contributed by atoms with Crippen molar-refractivity contribution in [3.05, 3.63) is 29.8 Å². The van der Waals surface area contributed by atoms with Gasteiger partial charge in [-0.25, -0.2) is 0 Å². The van der Waals surface area contributed by atoms with Crippen LogP contribution in [0.25, 0.3) is 0 Å². The molecule has 90 valence electrons. The number of rotatable bonds is 7. The summed E-state index contributed by atoms with van der Waals surface area (Å²) in [5.74, 6) is 0. The van der Waals surface area contributed by atoms with E-state index >= 15 is 0 Å². The molecule has 1 rings (SSSR count). The van der Waals surface area contributed by atoms with Gasteiger partial charge < -0.3 is 10.6 Å². The van der Waals surface area contributed by atoms with Crippen LogP contribution in [0.1, 0.15) is 32.3 Å². The Bertz CT molecular complexity index is 293. The molecule has 1 aromatic carbocycles. The summed E-state index contributed by atoms with van der Waals surface area (Å²) in [6, 6.07) is 8.72. The minimum atomic E-state index is 0.799. The second-order valence-corrected chi connectivity index (χ2v) is 4.05. The first-order valence-corrected chi connectivity index (χ1v) is 6.36. The van der Waals surface area contributed by atoms with Gasteiger partial charge in [0.15, 0.2) is 0 Å². The summed E-state index contributed by atoms with van der Waals surface area (Å²) >= 11 is 0. The van der Waals surface area contributed by atoms with Crippen molar-refractivity contribution in [2.45, 2.75) is 33.1 Å². The quantitative estimate of drug-likeness (QED) is 0.716. The van der Waals surface area contributed by atoms with Gasteiger partial charge in [0.25, 0.3) is 0 Å². The van der Waals surface area contributed by atoms with Crippen LogP contribution in [-0.2, 0) is 6.42 Å². The fourth-order valence-electron chi connectivity index (χ4n) is 2.05. The van der Waals surface area contributed by atoms with Gasteiger partial charge in [0.2, 0.25) is 0 Å². The van der Waals surface area contributed by atoms with Crippen LogP contribution < -0.4 is 10.6 Å². The molecule has 0 saturated carbocycles. The van der Waals surface area contributed by atoms with Crippen LogP contribution in [0, 0.1) is 0 Å². The standard InChI is InChI=1S/C14H24N2/c1-3-16(4-2)14-11-6-5-9-13(14)10-7-8-12-15/h5-6,9,11H,3-4,7-8,10,12,15H2,1-2H3. The number of hydrogen-bond donors (Lipinski definition) is 1. The van der Waals surface area contributed by atoms with Gasteiger partial charge in [0.1, 0.15) is 0 Å². The molecule has 16 heavy (non-hydrogen) atoms. The van der Waals surface area contributed by atoms with Crippen molar-refractivity contribution in [1.82, 2.24) is 0 Å². The number of hydrogen-bond acceptors (Lipinski definition) is 2. The van der Waals surface area contributed by atoms with E-state index in [0.717, 1.165) is 32.5 Å². The Morgan fingerprint density at radius 1 is 1.06 bits per heavy atom. The first-order valence-electron chi connectivity index (χ1n) is 6.36. The van der Waals surface area contributed by atoms with Crippen LogP contribution in [0.5, 0.6) is 0 Å². The van der Waals surface area contributed by atoms with Crippen molar-refractivity contribution in [3.63, 3.8) is 0 Å². The topological polar surface area (TPSA) is 29.3 Å². The number of anilines is 1. The maximum atomic E-state index is 5.53. The van der Waals surface area contributed by atoms with Crippen LogP contribution in [0.2, 0.25) is 0 Å². The molecular formula is C14H24N2. The molecule has 0 aliphatic rings. The van der Waals surface area contributed by atoms with Gasteiger partial charge in [-0.1, -0.05) is 18.2 Å². The SMILES string of the molecule is CCN(CC)c1ccccc1CCCCN. The van der Waals surface area contributed by atoms with E-state index in [1.54, 1.807) is 0 Å². The minimum Gasteiger partial charge on any atom is -0.372 e. The van der Waals surface area contributed by atoms with Crippen LogP contribution in [0.15, 0.2) is 24.3 Å². The van der Waals surface area contributed by atoms with Gasteiger partial charge >= 0.3 is 0 Å².